The molecule has 2 aromatic heterocycles. The average Bonchev–Trinajstić information content (AvgIpc) is 2.72. The van der Waals surface area contributed by atoms with Crippen LogP contribution in [-0.2, 0) is 4.79 Å². The Bertz CT molecular complexity index is 678. The van der Waals surface area contributed by atoms with Crippen molar-refractivity contribution in [3.05, 3.63) is 22.7 Å². The highest BCUT2D eigenvalue weighted by Gasteiger charge is 2.18. The molecule has 0 spiro atoms. The number of carbonyl (C=O) groups is 2. The second-order valence-electron chi connectivity index (χ2n) is 4.62. The first-order valence-electron chi connectivity index (χ1n) is 6.04. The number of aromatic nitrogens is 1. The van der Waals surface area contributed by atoms with Crippen LogP contribution in [0.1, 0.15) is 15.4 Å². The van der Waals surface area contributed by atoms with Crippen LogP contribution in [0.15, 0.2) is 12.1 Å². The molecule has 2 aromatic rings. The third-order valence-electron chi connectivity index (χ3n) is 2.84. The zero-order valence-electron chi connectivity index (χ0n) is 11.6. The molecule has 0 saturated carbocycles. The quantitative estimate of drug-likeness (QED) is 0.883. The number of nitrogen functional groups attached to an aromatic ring is 1. The first-order chi connectivity index (χ1) is 9.40. The number of pyridine rings is 1. The molecule has 2 amide bonds. The molecule has 2 heterocycles. The van der Waals surface area contributed by atoms with E-state index in [1.165, 1.54) is 16.2 Å². The Morgan fingerprint density at radius 3 is 2.75 bits per heavy atom. The number of hydrogen-bond acceptors (Lipinski definition) is 5. The van der Waals surface area contributed by atoms with Crippen molar-refractivity contribution in [3.8, 4) is 0 Å². The van der Waals surface area contributed by atoms with Crippen molar-refractivity contribution in [3.63, 3.8) is 0 Å². The van der Waals surface area contributed by atoms with E-state index in [2.05, 4.69) is 10.3 Å². The predicted molar refractivity (Wildman–Crippen MR) is 79.8 cm³/mol. The minimum absolute atomic E-state index is 0.0496. The molecule has 0 aliphatic rings. The van der Waals surface area contributed by atoms with Crippen LogP contribution in [-0.4, -0.2) is 42.3 Å². The number of carbonyl (C=O) groups excluding carboxylic acids is 2. The summed E-state index contributed by atoms with van der Waals surface area (Å²) in [5.41, 5.74) is 7.25. The van der Waals surface area contributed by atoms with Gasteiger partial charge in [-0.05, 0) is 19.1 Å². The maximum absolute atomic E-state index is 12.1. The van der Waals surface area contributed by atoms with Crippen LogP contribution in [0.2, 0.25) is 0 Å². The molecule has 0 aliphatic carbocycles. The number of nitrogens with zero attached hydrogens (tertiary/aromatic N) is 2. The number of thiophene rings is 1. The van der Waals surface area contributed by atoms with Crippen LogP contribution < -0.4 is 11.1 Å². The van der Waals surface area contributed by atoms with Crippen LogP contribution >= 0.6 is 11.3 Å². The summed E-state index contributed by atoms with van der Waals surface area (Å²) in [4.78, 5) is 30.4. The molecule has 3 N–H and O–H groups in total. The summed E-state index contributed by atoms with van der Waals surface area (Å²) in [5.74, 6) is -0.523. The van der Waals surface area contributed by atoms with Crippen molar-refractivity contribution in [2.45, 2.75) is 6.92 Å². The van der Waals surface area contributed by atoms with Gasteiger partial charge in [-0.1, -0.05) is 0 Å². The average molecular weight is 292 g/mol. The molecule has 6 nitrogen and oxygen atoms in total. The van der Waals surface area contributed by atoms with Gasteiger partial charge in [0.2, 0.25) is 5.91 Å². The largest absolute Gasteiger partial charge is 0.397 e. The van der Waals surface area contributed by atoms with Crippen LogP contribution in [0.5, 0.6) is 0 Å². The molecular weight excluding hydrogens is 276 g/mol. The zero-order valence-corrected chi connectivity index (χ0v) is 12.4. The van der Waals surface area contributed by atoms with Gasteiger partial charge in [-0.2, -0.15) is 0 Å². The number of nitrogens with two attached hydrogens (primary N) is 1. The standard InChI is InChI=1S/C13H16N4O2S/c1-7-4-5-8-10(14)11(20-13(8)16-7)12(19)15-6-9(18)17(2)3/h4-5H,6,14H2,1-3H3,(H,15,19). The normalized spacial score (nSPS) is 10.6. The van der Waals surface area contributed by atoms with E-state index in [4.69, 9.17) is 5.73 Å². The van der Waals surface area contributed by atoms with Crippen molar-refractivity contribution in [2.75, 3.05) is 26.4 Å². The molecule has 0 bridgehead atoms. The maximum atomic E-state index is 12.1. The van der Waals surface area contributed by atoms with E-state index < -0.39 is 0 Å². The maximum Gasteiger partial charge on any atom is 0.264 e. The fourth-order valence-corrected chi connectivity index (χ4v) is 2.71. The van der Waals surface area contributed by atoms with Crippen molar-refractivity contribution in [1.82, 2.24) is 15.2 Å². The van der Waals surface area contributed by atoms with E-state index in [9.17, 15) is 9.59 Å². The number of aryl methyl sites for hydroxylation is 1. The lowest BCUT2D eigenvalue weighted by atomic mass is 10.2. The first-order valence-corrected chi connectivity index (χ1v) is 6.85. The van der Waals surface area contributed by atoms with Gasteiger partial charge in [0.1, 0.15) is 9.71 Å². The Morgan fingerprint density at radius 2 is 2.10 bits per heavy atom. The Balaban J connectivity index is 2.22. The van der Waals surface area contributed by atoms with E-state index in [1.54, 1.807) is 14.1 Å². The van der Waals surface area contributed by atoms with E-state index in [1.807, 2.05) is 19.1 Å². The number of likely N-dealkylation sites (N-methyl/N-ethyl adjacent to an activating group) is 1. The topological polar surface area (TPSA) is 88.3 Å². The van der Waals surface area contributed by atoms with Gasteiger partial charge in [0.15, 0.2) is 0 Å². The fraction of sp³-hybridized carbons (Fsp3) is 0.308. The van der Waals surface area contributed by atoms with Gasteiger partial charge in [-0.15, -0.1) is 11.3 Å². The molecule has 20 heavy (non-hydrogen) atoms. The first kappa shape index (κ1) is 14.3. The lowest BCUT2D eigenvalue weighted by Crippen LogP contribution is -2.36. The number of amides is 2. The SMILES string of the molecule is Cc1ccc2c(N)c(C(=O)NCC(=O)N(C)C)sc2n1. The Kier molecular flexibility index (Phi) is 3.89. The highest BCUT2D eigenvalue weighted by molar-refractivity contribution is 7.21. The summed E-state index contributed by atoms with van der Waals surface area (Å²) in [6.07, 6.45) is 0. The molecule has 0 fully saturated rings. The van der Waals surface area contributed by atoms with Crippen molar-refractivity contribution < 1.29 is 9.59 Å². The summed E-state index contributed by atoms with van der Waals surface area (Å²) in [7, 11) is 3.27. The third-order valence-corrected chi connectivity index (χ3v) is 3.95. The third kappa shape index (κ3) is 2.72. The summed E-state index contributed by atoms with van der Waals surface area (Å²) < 4.78 is 0. The van der Waals surface area contributed by atoms with E-state index >= 15 is 0 Å². The van der Waals surface area contributed by atoms with Crippen molar-refractivity contribution in [1.29, 1.82) is 0 Å². The molecule has 0 unspecified atom stereocenters. The van der Waals surface area contributed by atoms with Crippen LogP contribution in [0.3, 0.4) is 0 Å². The molecule has 2 rings (SSSR count). The smallest absolute Gasteiger partial charge is 0.264 e. The molecule has 0 saturated heterocycles. The van der Waals surface area contributed by atoms with E-state index in [-0.39, 0.29) is 18.4 Å². The van der Waals surface area contributed by atoms with Crippen LogP contribution in [0, 0.1) is 6.92 Å². The summed E-state index contributed by atoms with van der Waals surface area (Å²) >= 11 is 1.23. The molecular formula is C13H16N4O2S. The number of nitrogens with one attached hydrogen (secondary N) is 1. The molecule has 7 heteroatoms. The van der Waals surface area contributed by atoms with Crippen LogP contribution in [0.4, 0.5) is 5.69 Å². The van der Waals surface area contributed by atoms with Gasteiger partial charge >= 0.3 is 0 Å². The summed E-state index contributed by atoms with van der Waals surface area (Å²) in [6.45, 7) is 1.83. The van der Waals surface area contributed by atoms with Gasteiger partial charge in [0, 0.05) is 25.2 Å². The van der Waals surface area contributed by atoms with Gasteiger partial charge in [-0.3, -0.25) is 9.59 Å². The highest BCUT2D eigenvalue weighted by Crippen LogP contribution is 2.32. The van der Waals surface area contributed by atoms with Crippen LogP contribution in [0.25, 0.3) is 10.2 Å². The van der Waals surface area contributed by atoms with Gasteiger partial charge < -0.3 is 16.0 Å². The Morgan fingerprint density at radius 1 is 1.40 bits per heavy atom. The minimum Gasteiger partial charge on any atom is -0.397 e. The predicted octanol–water partition coefficient (Wildman–Crippen LogP) is 1.00. The summed E-state index contributed by atoms with van der Waals surface area (Å²) in [6, 6.07) is 3.70. The molecule has 0 radical (unpaired) electrons. The lowest BCUT2D eigenvalue weighted by Gasteiger charge is -2.10. The molecule has 106 valence electrons. The fourth-order valence-electron chi connectivity index (χ4n) is 1.65. The second-order valence-corrected chi connectivity index (χ2v) is 5.62. The highest BCUT2D eigenvalue weighted by atomic mass is 32.1. The summed E-state index contributed by atoms with van der Waals surface area (Å²) in [5, 5.41) is 3.34. The van der Waals surface area contributed by atoms with Gasteiger partial charge in [0.25, 0.3) is 5.91 Å². The molecule has 0 aromatic carbocycles. The number of anilines is 1. The van der Waals surface area contributed by atoms with E-state index in [0.29, 0.717) is 10.6 Å². The minimum atomic E-state index is -0.349. The number of rotatable bonds is 3. The monoisotopic (exact) mass is 292 g/mol. The Hall–Kier alpha value is -2.15. The van der Waals surface area contributed by atoms with Crippen molar-refractivity contribution in [2.24, 2.45) is 0 Å². The second kappa shape index (κ2) is 5.46. The zero-order chi connectivity index (χ0) is 14.9. The van der Waals surface area contributed by atoms with Crippen molar-refractivity contribution >= 4 is 39.1 Å². The molecule has 0 atom stereocenters. The molecule has 0 aliphatic heterocycles. The Labute approximate surface area is 120 Å². The number of fused-ring (bicyclic) bond motifs is 1. The lowest BCUT2D eigenvalue weighted by molar-refractivity contribution is -0.127. The van der Waals surface area contributed by atoms with E-state index in [0.717, 1.165) is 15.9 Å². The number of hydrogen-bond donors (Lipinski definition) is 2. The van der Waals surface area contributed by atoms with Gasteiger partial charge in [0.05, 0.1) is 12.2 Å². The van der Waals surface area contributed by atoms with Gasteiger partial charge in [-0.25, -0.2) is 4.98 Å².